The van der Waals surface area contributed by atoms with Crippen LogP contribution in [0.4, 0.5) is 5.69 Å². The van der Waals surface area contributed by atoms with Crippen molar-refractivity contribution >= 4 is 73.3 Å². The Balaban J connectivity index is 2.02. The highest BCUT2D eigenvalue weighted by Crippen LogP contribution is 2.26. The minimum Gasteiger partial charge on any atom is -0.352 e. The monoisotopic (exact) mass is 687 g/mol. The molecular formula is C27H28Cl2IN3O4S. The van der Waals surface area contributed by atoms with Crippen molar-refractivity contribution in [2.75, 3.05) is 10.8 Å². The molecule has 1 N–H and O–H groups in total. The molecule has 1 unspecified atom stereocenters. The zero-order chi connectivity index (χ0) is 28.0. The minimum atomic E-state index is -4.10. The predicted molar refractivity (Wildman–Crippen MR) is 160 cm³/mol. The average Bonchev–Trinajstić information content (AvgIpc) is 2.88. The van der Waals surface area contributed by atoms with E-state index in [1.165, 1.54) is 17.0 Å². The van der Waals surface area contributed by atoms with Gasteiger partial charge in [0.1, 0.15) is 12.6 Å². The molecule has 2 amide bonds. The number of anilines is 1. The van der Waals surface area contributed by atoms with Crippen LogP contribution in [0.1, 0.15) is 26.3 Å². The van der Waals surface area contributed by atoms with E-state index in [1.807, 2.05) is 13.8 Å². The third-order valence-electron chi connectivity index (χ3n) is 5.66. The van der Waals surface area contributed by atoms with Crippen LogP contribution in [0.5, 0.6) is 0 Å². The molecular weight excluding hydrogens is 660 g/mol. The van der Waals surface area contributed by atoms with E-state index in [1.54, 1.807) is 67.6 Å². The van der Waals surface area contributed by atoms with Gasteiger partial charge in [-0.25, -0.2) is 8.42 Å². The summed E-state index contributed by atoms with van der Waals surface area (Å²) in [5, 5.41) is 3.49. The summed E-state index contributed by atoms with van der Waals surface area (Å²) in [6.07, 6.45) is 0. The van der Waals surface area contributed by atoms with Gasteiger partial charge in [-0.05, 0) is 97.5 Å². The van der Waals surface area contributed by atoms with E-state index in [-0.39, 0.29) is 23.4 Å². The largest absolute Gasteiger partial charge is 0.352 e. The van der Waals surface area contributed by atoms with Crippen LogP contribution in [0.15, 0.2) is 77.7 Å². The Bertz CT molecular complexity index is 1390. The molecule has 3 aromatic carbocycles. The van der Waals surface area contributed by atoms with Gasteiger partial charge in [0.2, 0.25) is 11.8 Å². The average molecular weight is 688 g/mol. The number of carbonyl (C=O) groups excluding carboxylic acids is 2. The number of hydrogen-bond donors (Lipinski definition) is 1. The smallest absolute Gasteiger partial charge is 0.264 e. The number of amides is 2. The first-order valence-corrected chi connectivity index (χ1v) is 15.0. The lowest BCUT2D eigenvalue weighted by atomic mass is 10.1. The van der Waals surface area contributed by atoms with Crippen LogP contribution in [0.3, 0.4) is 0 Å². The lowest BCUT2D eigenvalue weighted by Crippen LogP contribution is -2.52. The van der Waals surface area contributed by atoms with Crippen LogP contribution in [0.2, 0.25) is 10.0 Å². The first-order chi connectivity index (χ1) is 17.9. The lowest BCUT2D eigenvalue weighted by Gasteiger charge is -2.32. The Morgan fingerprint density at radius 2 is 1.55 bits per heavy atom. The molecule has 0 spiro atoms. The van der Waals surface area contributed by atoms with E-state index < -0.39 is 28.5 Å². The fourth-order valence-electron chi connectivity index (χ4n) is 3.68. The van der Waals surface area contributed by atoms with Crippen LogP contribution < -0.4 is 9.62 Å². The van der Waals surface area contributed by atoms with Crippen LogP contribution >= 0.6 is 45.8 Å². The summed E-state index contributed by atoms with van der Waals surface area (Å²) in [4.78, 5) is 28.2. The zero-order valence-electron chi connectivity index (χ0n) is 21.1. The van der Waals surface area contributed by atoms with Gasteiger partial charge in [-0.1, -0.05) is 47.5 Å². The van der Waals surface area contributed by atoms with E-state index >= 15 is 0 Å². The van der Waals surface area contributed by atoms with Crippen molar-refractivity contribution in [3.05, 3.63) is 92.0 Å². The van der Waals surface area contributed by atoms with Crippen LogP contribution in [0, 0.1) is 3.57 Å². The maximum Gasteiger partial charge on any atom is 0.264 e. The quantitative estimate of drug-likeness (QED) is 0.276. The molecule has 0 aliphatic carbocycles. The Labute approximate surface area is 247 Å². The third kappa shape index (κ3) is 7.62. The summed E-state index contributed by atoms with van der Waals surface area (Å²) in [6, 6.07) is 18.6. The predicted octanol–water partition coefficient (Wildman–Crippen LogP) is 5.74. The molecule has 0 heterocycles. The van der Waals surface area contributed by atoms with E-state index in [4.69, 9.17) is 23.2 Å². The molecule has 38 heavy (non-hydrogen) atoms. The normalized spacial score (nSPS) is 12.2. The Morgan fingerprint density at radius 1 is 0.921 bits per heavy atom. The highest BCUT2D eigenvalue weighted by molar-refractivity contribution is 14.1. The summed E-state index contributed by atoms with van der Waals surface area (Å²) in [7, 11) is -4.10. The van der Waals surface area contributed by atoms with Crippen molar-refractivity contribution in [3.8, 4) is 0 Å². The molecule has 3 aromatic rings. The molecule has 202 valence electrons. The maximum absolute atomic E-state index is 13.8. The number of nitrogens with one attached hydrogen (secondary N) is 1. The van der Waals surface area contributed by atoms with Gasteiger partial charge < -0.3 is 10.2 Å². The standard InChI is InChI=1S/C27H28Cl2IN3O4S/c1-18(2)31-27(35)19(3)32(16-20-9-14-24(28)25(29)15-20)26(34)17-33(22-12-10-21(30)11-13-22)38(36,37)23-7-5-4-6-8-23/h4-15,18-19H,16-17H2,1-3H3,(H,31,35). The SMILES string of the molecule is CC(C)NC(=O)C(C)N(Cc1ccc(Cl)c(Cl)c1)C(=O)CN(c1ccc(I)cc1)S(=O)(=O)c1ccccc1. The molecule has 0 bridgehead atoms. The van der Waals surface area contributed by atoms with Gasteiger partial charge in [-0.15, -0.1) is 0 Å². The highest BCUT2D eigenvalue weighted by Gasteiger charge is 2.32. The van der Waals surface area contributed by atoms with Crippen LogP contribution in [-0.4, -0.2) is 43.8 Å². The molecule has 0 saturated heterocycles. The fourth-order valence-corrected chi connectivity index (χ4v) is 5.79. The van der Waals surface area contributed by atoms with Crippen molar-refractivity contribution in [2.24, 2.45) is 0 Å². The maximum atomic E-state index is 13.8. The summed E-state index contributed by atoms with van der Waals surface area (Å²) < 4.78 is 29.4. The van der Waals surface area contributed by atoms with Gasteiger partial charge in [0.05, 0.1) is 20.6 Å². The number of halogens is 3. The van der Waals surface area contributed by atoms with Gasteiger partial charge in [-0.2, -0.15) is 0 Å². The van der Waals surface area contributed by atoms with E-state index in [9.17, 15) is 18.0 Å². The molecule has 1 atom stereocenters. The second-order valence-electron chi connectivity index (χ2n) is 8.91. The minimum absolute atomic E-state index is 0.0221. The van der Waals surface area contributed by atoms with Crippen molar-refractivity contribution in [1.82, 2.24) is 10.2 Å². The van der Waals surface area contributed by atoms with Gasteiger partial charge in [0.15, 0.2) is 0 Å². The molecule has 0 aromatic heterocycles. The van der Waals surface area contributed by atoms with Gasteiger partial charge in [0, 0.05) is 16.2 Å². The number of carbonyl (C=O) groups is 2. The Hall–Kier alpha value is -2.34. The molecule has 0 saturated carbocycles. The van der Waals surface area contributed by atoms with E-state index in [0.29, 0.717) is 21.3 Å². The molecule has 11 heteroatoms. The molecule has 0 aliphatic rings. The molecule has 3 rings (SSSR count). The molecule has 0 fully saturated rings. The van der Waals surface area contributed by atoms with Crippen molar-refractivity contribution in [3.63, 3.8) is 0 Å². The van der Waals surface area contributed by atoms with Crippen molar-refractivity contribution in [2.45, 2.75) is 44.3 Å². The summed E-state index contributed by atoms with van der Waals surface area (Å²) in [6.45, 7) is 4.75. The number of rotatable bonds is 10. The summed E-state index contributed by atoms with van der Waals surface area (Å²) in [5.41, 5.74) is 0.972. The summed E-state index contributed by atoms with van der Waals surface area (Å²) in [5.74, 6) is -0.916. The Morgan fingerprint density at radius 3 is 2.13 bits per heavy atom. The second-order valence-corrected chi connectivity index (χ2v) is 12.8. The topological polar surface area (TPSA) is 86.8 Å². The lowest BCUT2D eigenvalue weighted by molar-refractivity contribution is -0.139. The van der Waals surface area contributed by atoms with E-state index in [0.717, 1.165) is 7.88 Å². The highest BCUT2D eigenvalue weighted by atomic mass is 127. The van der Waals surface area contributed by atoms with Crippen molar-refractivity contribution in [1.29, 1.82) is 0 Å². The number of nitrogens with zero attached hydrogens (tertiary/aromatic N) is 2. The Kier molecular flexibility index (Phi) is 10.4. The molecule has 0 radical (unpaired) electrons. The van der Waals surface area contributed by atoms with Crippen LogP contribution in [-0.2, 0) is 26.2 Å². The summed E-state index contributed by atoms with van der Waals surface area (Å²) >= 11 is 14.4. The second kappa shape index (κ2) is 13.1. The van der Waals surface area contributed by atoms with Gasteiger partial charge in [-0.3, -0.25) is 13.9 Å². The fraction of sp³-hybridized carbons (Fsp3) is 0.259. The van der Waals surface area contributed by atoms with Gasteiger partial charge in [0.25, 0.3) is 10.0 Å². The zero-order valence-corrected chi connectivity index (χ0v) is 25.6. The van der Waals surface area contributed by atoms with E-state index in [2.05, 4.69) is 27.9 Å². The number of benzene rings is 3. The number of hydrogen-bond acceptors (Lipinski definition) is 4. The first kappa shape index (κ1) is 30.2. The van der Waals surface area contributed by atoms with Gasteiger partial charge >= 0.3 is 0 Å². The number of sulfonamides is 1. The third-order valence-corrected chi connectivity index (χ3v) is 8.91. The molecule has 7 nitrogen and oxygen atoms in total. The van der Waals surface area contributed by atoms with Crippen molar-refractivity contribution < 1.29 is 18.0 Å². The van der Waals surface area contributed by atoms with Crippen LogP contribution in [0.25, 0.3) is 0 Å². The first-order valence-electron chi connectivity index (χ1n) is 11.8. The molecule has 0 aliphatic heterocycles.